The molecule has 1 spiro atoms. The lowest BCUT2D eigenvalue weighted by molar-refractivity contribution is -0.123. The van der Waals surface area contributed by atoms with Gasteiger partial charge in [-0.05, 0) is 60.1 Å². The topological polar surface area (TPSA) is 111 Å². The summed E-state index contributed by atoms with van der Waals surface area (Å²) in [6, 6.07) is 8.43. The lowest BCUT2D eigenvalue weighted by atomic mass is 9.62. The zero-order chi connectivity index (χ0) is 27.8. The van der Waals surface area contributed by atoms with E-state index in [-0.39, 0.29) is 35.4 Å². The Morgan fingerprint density at radius 2 is 1.97 bits per heavy atom. The Morgan fingerprint density at radius 1 is 1.24 bits per heavy atom. The lowest BCUT2D eigenvalue weighted by Crippen LogP contribution is -2.49. The van der Waals surface area contributed by atoms with Gasteiger partial charge in [-0.2, -0.15) is 0 Å². The van der Waals surface area contributed by atoms with Gasteiger partial charge < -0.3 is 26.2 Å². The lowest BCUT2D eigenvalue weighted by Gasteiger charge is -2.37. The molecule has 5 atom stereocenters. The van der Waals surface area contributed by atoms with Crippen LogP contribution in [0.15, 0.2) is 36.4 Å². The molecule has 0 radical (unpaired) electrons. The van der Waals surface area contributed by atoms with Crippen molar-refractivity contribution in [2.24, 2.45) is 5.41 Å². The van der Waals surface area contributed by atoms with E-state index >= 15 is 0 Å². The highest BCUT2D eigenvalue weighted by Gasteiger charge is 2.65. The third kappa shape index (κ3) is 5.42. The first kappa shape index (κ1) is 28.8. The van der Waals surface area contributed by atoms with E-state index in [0.29, 0.717) is 41.1 Å². The minimum Gasteiger partial charge on any atom is -0.394 e. The van der Waals surface area contributed by atoms with Crippen LogP contribution in [0, 0.1) is 11.2 Å². The van der Waals surface area contributed by atoms with Crippen molar-refractivity contribution in [2.75, 3.05) is 18.5 Å². The molecule has 0 unspecified atom stereocenters. The second kappa shape index (κ2) is 11.1. The number of carbonyl (C=O) groups is 2. The fourth-order valence-electron chi connectivity index (χ4n) is 5.88. The monoisotopic (exact) mass is 565 g/mol. The van der Waals surface area contributed by atoms with Gasteiger partial charge in [-0.25, -0.2) is 4.39 Å². The van der Waals surface area contributed by atoms with Crippen molar-refractivity contribution in [3.63, 3.8) is 0 Å². The number of hydrogen-bond donors (Lipinski definition) is 5. The second-order valence-electron chi connectivity index (χ2n) is 11.4. The van der Waals surface area contributed by atoms with E-state index in [1.54, 1.807) is 18.2 Å². The molecule has 7 nitrogen and oxygen atoms in total. The van der Waals surface area contributed by atoms with Gasteiger partial charge in [-0.3, -0.25) is 9.59 Å². The molecule has 2 aliphatic heterocycles. The number of fused-ring (bicyclic) bond motifs is 2. The van der Waals surface area contributed by atoms with Gasteiger partial charge in [0.05, 0.1) is 23.8 Å². The predicted octanol–water partition coefficient (Wildman–Crippen LogP) is 4.13. The highest BCUT2D eigenvalue weighted by atomic mass is 35.5. The molecule has 2 aromatic carbocycles. The molecule has 206 valence electrons. The van der Waals surface area contributed by atoms with Crippen LogP contribution in [0.4, 0.5) is 10.1 Å². The Hall–Kier alpha value is -2.23. The van der Waals surface area contributed by atoms with Gasteiger partial charge >= 0.3 is 0 Å². The van der Waals surface area contributed by atoms with Crippen LogP contribution in [0.5, 0.6) is 0 Å². The standard InChI is InChI=1S/C28H34Cl2FN3O4/c1-27(2,3)13-22-28(18-11-20(31)19(30)12-21(18)33-26(28)38)23(15-6-4-7-16(29)10-15)24(34-22)25(37)32-9-5-8-17(36)14-35/h4,6-7,10-12,17,22-24,34-36H,5,8-9,13-14H2,1-3H3,(H,32,37)(H,33,38)/t17-,22-,23+,24-,28+/m1/s1. The Bertz CT molecular complexity index is 1220. The summed E-state index contributed by atoms with van der Waals surface area (Å²) < 4.78 is 14.9. The van der Waals surface area contributed by atoms with Crippen molar-refractivity contribution in [3.05, 3.63) is 63.4 Å². The van der Waals surface area contributed by atoms with Gasteiger partial charge in [0.2, 0.25) is 11.8 Å². The molecule has 4 rings (SSSR count). The van der Waals surface area contributed by atoms with E-state index in [0.717, 1.165) is 0 Å². The van der Waals surface area contributed by atoms with Crippen LogP contribution in [0.2, 0.25) is 10.0 Å². The number of anilines is 1. The number of rotatable bonds is 8. The van der Waals surface area contributed by atoms with E-state index in [2.05, 4.69) is 16.0 Å². The average Bonchev–Trinajstić information content (AvgIpc) is 3.31. The highest BCUT2D eigenvalue weighted by molar-refractivity contribution is 6.31. The number of hydrogen-bond acceptors (Lipinski definition) is 5. The van der Waals surface area contributed by atoms with Crippen LogP contribution in [0.3, 0.4) is 0 Å². The van der Waals surface area contributed by atoms with Crippen LogP contribution in [0.25, 0.3) is 0 Å². The van der Waals surface area contributed by atoms with Crippen molar-refractivity contribution >= 4 is 40.7 Å². The third-order valence-electron chi connectivity index (χ3n) is 7.42. The molecule has 0 bridgehead atoms. The van der Waals surface area contributed by atoms with E-state index in [1.807, 2.05) is 26.8 Å². The molecular weight excluding hydrogens is 532 g/mol. The number of nitrogens with one attached hydrogen (secondary N) is 3. The van der Waals surface area contributed by atoms with Gasteiger partial charge in [0, 0.05) is 29.2 Å². The van der Waals surface area contributed by atoms with Gasteiger partial charge in [0.25, 0.3) is 0 Å². The molecule has 38 heavy (non-hydrogen) atoms. The molecular formula is C28H34Cl2FN3O4. The van der Waals surface area contributed by atoms with E-state index < -0.39 is 35.3 Å². The smallest absolute Gasteiger partial charge is 0.237 e. The van der Waals surface area contributed by atoms with Crippen LogP contribution < -0.4 is 16.0 Å². The summed E-state index contributed by atoms with van der Waals surface area (Å²) in [4.78, 5) is 27.7. The molecule has 2 amide bonds. The molecule has 5 N–H and O–H groups in total. The average molecular weight is 567 g/mol. The quantitative estimate of drug-likeness (QED) is 0.309. The predicted molar refractivity (Wildman–Crippen MR) is 146 cm³/mol. The SMILES string of the molecule is CC(C)(C)C[C@H]1N[C@@H](C(=O)NCCC[C@@H](O)CO)[C@H](c2cccc(Cl)c2)[C@@]12C(=O)Nc1cc(Cl)c(F)cc12. The molecule has 0 aromatic heterocycles. The van der Waals surface area contributed by atoms with Crippen molar-refractivity contribution in [3.8, 4) is 0 Å². The van der Waals surface area contributed by atoms with Gasteiger partial charge in [-0.15, -0.1) is 0 Å². The number of aliphatic hydroxyl groups excluding tert-OH is 2. The summed E-state index contributed by atoms with van der Waals surface area (Å²) in [6.45, 7) is 6.08. The number of aliphatic hydroxyl groups is 2. The molecule has 1 saturated heterocycles. The fourth-order valence-corrected chi connectivity index (χ4v) is 6.25. The molecule has 0 saturated carbocycles. The summed E-state index contributed by atoms with van der Waals surface area (Å²) in [5, 5.41) is 28.3. The second-order valence-corrected chi connectivity index (χ2v) is 12.2. The molecule has 2 heterocycles. The van der Waals surface area contributed by atoms with E-state index in [1.165, 1.54) is 12.1 Å². The van der Waals surface area contributed by atoms with Crippen molar-refractivity contribution in [1.29, 1.82) is 0 Å². The number of halogens is 3. The summed E-state index contributed by atoms with van der Waals surface area (Å²) in [7, 11) is 0. The molecule has 1 fully saturated rings. The number of amides is 2. The zero-order valence-corrected chi connectivity index (χ0v) is 23.2. The van der Waals surface area contributed by atoms with Gasteiger partial charge in [0.15, 0.2) is 0 Å². The summed E-state index contributed by atoms with van der Waals surface area (Å²) >= 11 is 12.5. The Kier molecular flexibility index (Phi) is 8.40. The molecule has 0 aliphatic carbocycles. The Morgan fingerprint density at radius 3 is 2.63 bits per heavy atom. The summed E-state index contributed by atoms with van der Waals surface area (Å²) in [5.74, 6) is -2.00. The largest absolute Gasteiger partial charge is 0.394 e. The first-order chi connectivity index (χ1) is 17.9. The van der Waals surface area contributed by atoms with Crippen LogP contribution in [-0.2, 0) is 15.0 Å². The molecule has 10 heteroatoms. The van der Waals surface area contributed by atoms with Crippen LogP contribution in [0.1, 0.15) is 57.1 Å². The molecule has 2 aromatic rings. The fraction of sp³-hybridized carbons (Fsp3) is 0.500. The van der Waals surface area contributed by atoms with Gasteiger partial charge in [-0.1, -0.05) is 56.1 Å². The number of carbonyl (C=O) groups excluding carboxylic acids is 2. The first-order valence-electron chi connectivity index (χ1n) is 12.8. The third-order valence-corrected chi connectivity index (χ3v) is 7.94. The maximum Gasteiger partial charge on any atom is 0.237 e. The van der Waals surface area contributed by atoms with E-state index in [9.17, 15) is 19.1 Å². The molecule has 2 aliphatic rings. The van der Waals surface area contributed by atoms with Crippen LogP contribution in [-0.4, -0.2) is 53.4 Å². The highest BCUT2D eigenvalue weighted by Crippen LogP contribution is 2.57. The maximum absolute atomic E-state index is 14.9. The van der Waals surface area contributed by atoms with Crippen LogP contribution >= 0.6 is 23.2 Å². The summed E-state index contributed by atoms with van der Waals surface area (Å²) in [5.41, 5.74) is 0.0123. The van der Waals surface area contributed by atoms with Crippen molar-refractivity contribution in [2.45, 2.75) is 69.6 Å². The Labute approximate surface area is 232 Å². The Balaban J connectivity index is 1.83. The normalized spacial score (nSPS) is 25.4. The minimum atomic E-state index is -1.31. The van der Waals surface area contributed by atoms with Crippen molar-refractivity contribution < 1.29 is 24.2 Å². The van der Waals surface area contributed by atoms with Gasteiger partial charge in [0.1, 0.15) is 11.2 Å². The first-order valence-corrected chi connectivity index (χ1v) is 13.5. The van der Waals surface area contributed by atoms with Crippen molar-refractivity contribution in [1.82, 2.24) is 10.6 Å². The summed E-state index contributed by atoms with van der Waals surface area (Å²) in [6.07, 6.45) is 0.466. The zero-order valence-electron chi connectivity index (χ0n) is 21.7. The number of benzene rings is 2. The maximum atomic E-state index is 14.9. The van der Waals surface area contributed by atoms with E-state index in [4.69, 9.17) is 28.3 Å². The minimum absolute atomic E-state index is 0.0990.